The van der Waals surface area contributed by atoms with Gasteiger partial charge in [0.1, 0.15) is 5.92 Å². The SMILES string of the molecule is CC(C)C(C#N)C(=O)N1CC(CO)OCC1C. The molecule has 3 atom stereocenters. The maximum Gasteiger partial charge on any atom is 0.240 e. The van der Waals surface area contributed by atoms with Crippen LogP contribution in [-0.4, -0.2) is 47.8 Å². The van der Waals surface area contributed by atoms with Crippen LogP contribution in [0.1, 0.15) is 20.8 Å². The van der Waals surface area contributed by atoms with E-state index >= 15 is 0 Å². The minimum atomic E-state index is -0.616. The van der Waals surface area contributed by atoms with Gasteiger partial charge in [-0.1, -0.05) is 13.8 Å². The van der Waals surface area contributed by atoms with E-state index in [1.54, 1.807) is 4.90 Å². The summed E-state index contributed by atoms with van der Waals surface area (Å²) in [6, 6.07) is 2.02. The molecule has 0 spiro atoms. The van der Waals surface area contributed by atoms with E-state index in [-0.39, 0.29) is 30.6 Å². The van der Waals surface area contributed by atoms with Gasteiger partial charge in [0.05, 0.1) is 31.4 Å². The van der Waals surface area contributed by atoms with Gasteiger partial charge in [-0.05, 0) is 12.8 Å². The van der Waals surface area contributed by atoms with Crippen LogP contribution in [0.3, 0.4) is 0 Å². The second-order valence-electron chi connectivity index (χ2n) is 4.83. The van der Waals surface area contributed by atoms with E-state index in [0.717, 1.165) is 0 Å². The number of carbonyl (C=O) groups excluding carboxylic acids is 1. The third-order valence-corrected chi connectivity index (χ3v) is 3.06. The van der Waals surface area contributed by atoms with Crippen molar-refractivity contribution in [1.82, 2.24) is 4.90 Å². The molecule has 1 fully saturated rings. The van der Waals surface area contributed by atoms with Crippen molar-refractivity contribution in [1.29, 1.82) is 5.26 Å². The largest absolute Gasteiger partial charge is 0.394 e. The summed E-state index contributed by atoms with van der Waals surface area (Å²) in [5.74, 6) is -0.776. The molecule has 1 saturated heterocycles. The molecular weight excluding hydrogens is 220 g/mol. The Bertz CT molecular complexity index is 311. The molecule has 17 heavy (non-hydrogen) atoms. The number of rotatable bonds is 3. The number of aliphatic hydroxyl groups is 1. The molecule has 3 unspecified atom stereocenters. The quantitative estimate of drug-likeness (QED) is 0.774. The number of nitrogens with zero attached hydrogens (tertiary/aromatic N) is 2. The van der Waals surface area contributed by atoms with Crippen LogP contribution >= 0.6 is 0 Å². The predicted molar refractivity (Wildman–Crippen MR) is 61.9 cm³/mol. The molecule has 5 heteroatoms. The molecule has 96 valence electrons. The number of nitriles is 1. The van der Waals surface area contributed by atoms with E-state index in [1.165, 1.54) is 0 Å². The zero-order valence-corrected chi connectivity index (χ0v) is 10.6. The van der Waals surface area contributed by atoms with Crippen LogP contribution in [0.15, 0.2) is 0 Å². The lowest BCUT2D eigenvalue weighted by Crippen LogP contribution is -2.54. The van der Waals surface area contributed by atoms with Gasteiger partial charge in [-0.2, -0.15) is 5.26 Å². The third kappa shape index (κ3) is 3.18. The number of hydrogen-bond acceptors (Lipinski definition) is 4. The Hall–Kier alpha value is -1.12. The van der Waals surface area contributed by atoms with Crippen LogP contribution in [0.25, 0.3) is 0 Å². The molecule has 0 aromatic rings. The summed E-state index contributed by atoms with van der Waals surface area (Å²) in [5.41, 5.74) is 0. The number of amides is 1. The maximum absolute atomic E-state index is 12.2. The van der Waals surface area contributed by atoms with E-state index in [4.69, 9.17) is 15.1 Å². The molecule has 1 rings (SSSR count). The summed E-state index contributed by atoms with van der Waals surface area (Å²) in [7, 11) is 0. The first-order valence-corrected chi connectivity index (χ1v) is 5.93. The van der Waals surface area contributed by atoms with Crippen LogP contribution in [-0.2, 0) is 9.53 Å². The zero-order valence-electron chi connectivity index (χ0n) is 10.6. The highest BCUT2D eigenvalue weighted by Gasteiger charge is 2.34. The molecule has 1 amide bonds. The van der Waals surface area contributed by atoms with Crippen molar-refractivity contribution in [3.8, 4) is 6.07 Å². The van der Waals surface area contributed by atoms with Gasteiger partial charge >= 0.3 is 0 Å². The number of aliphatic hydroxyl groups excluding tert-OH is 1. The summed E-state index contributed by atoms with van der Waals surface area (Å²) >= 11 is 0. The Balaban J connectivity index is 2.75. The Morgan fingerprint density at radius 3 is 2.76 bits per heavy atom. The van der Waals surface area contributed by atoms with Crippen LogP contribution in [0.5, 0.6) is 0 Å². The molecule has 1 N–H and O–H groups in total. The first kappa shape index (κ1) is 13.9. The summed E-state index contributed by atoms with van der Waals surface area (Å²) in [6.45, 7) is 6.28. The average Bonchev–Trinajstić information content (AvgIpc) is 2.30. The molecule has 5 nitrogen and oxygen atoms in total. The lowest BCUT2D eigenvalue weighted by Gasteiger charge is -2.38. The molecule has 0 aromatic heterocycles. The Labute approximate surface area is 102 Å². The molecule has 0 aliphatic carbocycles. The van der Waals surface area contributed by atoms with Gasteiger partial charge in [0, 0.05) is 6.54 Å². The van der Waals surface area contributed by atoms with Gasteiger partial charge in [0.25, 0.3) is 0 Å². The fourth-order valence-corrected chi connectivity index (χ4v) is 1.90. The molecule has 1 aliphatic heterocycles. The summed E-state index contributed by atoms with van der Waals surface area (Å²) in [6.07, 6.45) is -0.332. The Kier molecular flexibility index (Phi) is 4.91. The first-order chi connectivity index (χ1) is 8.01. The third-order valence-electron chi connectivity index (χ3n) is 3.06. The number of carbonyl (C=O) groups is 1. The fourth-order valence-electron chi connectivity index (χ4n) is 1.90. The normalized spacial score (nSPS) is 26.7. The van der Waals surface area contributed by atoms with Crippen molar-refractivity contribution in [2.24, 2.45) is 11.8 Å². The van der Waals surface area contributed by atoms with E-state index in [2.05, 4.69) is 6.07 Å². The predicted octanol–water partition coefficient (Wildman–Crippen LogP) is 0.390. The Morgan fingerprint density at radius 2 is 2.29 bits per heavy atom. The maximum atomic E-state index is 12.2. The molecule has 1 aliphatic rings. The van der Waals surface area contributed by atoms with Crippen molar-refractivity contribution in [2.75, 3.05) is 19.8 Å². The van der Waals surface area contributed by atoms with Gasteiger partial charge in [-0.3, -0.25) is 4.79 Å². The van der Waals surface area contributed by atoms with Gasteiger partial charge in [0.15, 0.2) is 0 Å². The molecule has 0 aromatic carbocycles. The van der Waals surface area contributed by atoms with E-state index in [0.29, 0.717) is 13.2 Å². The fraction of sp³-hybridized carbons (Fsp3) is 0.833. The smallest absolute Gasteiger partial charge is 0.240 e. The molecule has 0 radical (unpaired) electrons. The first-order valence-electron chi connectivity index (χ1n) is 5.93. The summed E-state index contributed by atoms with van der Waals surface area (Å²) < 4.78 is 5.37. The van der Waals surface area contributed by atoms with Gasteiger partial charge in [-0.15, -0.1) is 0 Å². The molecular formula is C12H20N2O3. The highest BCUT2D eigenvalue weighted by molar-refractivity contribution is 5.81. The minimum Gasteiger partial charge on any atom is -0.394 e. The monoisotopic (exact) mass is 240 g/mol. The topological polar surface area (TPSA) is 73.6 Å². The van der Waals surface area contributed by atoms with Crippen LogP contribution in [0, 0.1) is 23.2 Å². The Morgan fingerprint density at radius 1 is 1.65 bits per heavy atom. The molecule has 0 saturated carbocycles. The lowest BCUT2D eigenvalue weighted by molar-refractivity contribution is -0.149. The van der Waals surface area contributed by atoms with E-state index in [1.807, 2.05) is 20.8 Å². The second kappa shape index (κ2) is 5.99. The number of ether oxygens (including phenoxy) is 1. The lowest BCUT2D eigenvalue weighted by atomic mass is 9.95. The number of morpholine rings is 1. The van der Waals surface area contributed by atoms with Crippen molar-refractivity contribution >= 4 is 5.91 Å². The minimum absolute atomic E-state index is 0.00452. The second-order valence-corrected chi connectivity index (χ2v) is 4.83. The zero-order chi connectivity index (χ0) is 13.0. The van der Waals surface area contributed by atoms with Crippen molar-refractivity contribution in [3.05, 3.63) is 0 Å². The van der Waals surface area contributed by atoms with E-state index in [9.17, 15) is 4.79 Å². The van der Waals surface area contributed by atoms with Crippen molar-refractivity contribution < 1.29 is 14.6 Å². The van der Waals surface area contributed by atoms with Gasteiger partial charge in [-0.25, -0.2) is 0 Å². The molecule has 0 bridgehead atoms. The van der Waals surface area contributed by atoms with Gasteiger partial charge < -0.3 is 14.7 Å². The van der Waals surface area contributed by atoms with Gasteiger partial charge in [0.2, 0.25) is 5.91 Å². The van der Waals surface area contributed by atoms with Crippen LogP contribution < -0.4 is 0 Å². The number of hydrogen-bond donors (Lipinski definition) is 1. The molecule has 1 heterocycles. The highest BCUT2D eigenvalue weighted by Crippen LogP contribution is 2.19. The summed E-state index contributed by atoms with van der Waals surface area (Å²) in [5, 5.41) is 18.1. The van der Waals surface area contributed by atoms with Crippen LogP contribution in [0.2, 0.25) is 0 Å². The average molecular weight is 240 g/mol. The standard InChI is InChI=1S/C12H20N2O3/c1-8(2)11(4-13)12(16)14-5-10(6-15)17-7-9(14)3/h8-11,15H,5-7H2,1-3H3. The summed E-state index contributed by atoms with van der Waals surface area (Å²) in [4.78, 5) is 13.9. The van der Waals surface area contributed by atoms with E-state index < -0.39 is 5.92 Å². The van der Waals surface area contributed by atoms with Crippen LogP contribution in [0.4, 0.5) is 0 Å². The van der Waals surface area contributed by atoms with Crippen molar-refractivity contribution in [2.45, 2.75) is 32.9 Å². The van der Waals surface area contributed by atoms with Crippen molar-refractivity contribution in [3.63, 3.8) is 0 Å². The highest BCUT2D eigenvalue weighted by atomic mass is 16.5.